The van der Waals surface area contributed by atoms with Crippen LogP contribution < -0.4 is 5.73 Å². The lowest BCUT2D eigenvalue weighted by Gasteiger charge is -2.19. The summed E-state index contributed by atoms with van der Waals surface area (Å²) >= 11 is 8.06. The molecule has 1 nitrogen and oxygen atoms in total. The zero-order chi connectivity index (χ0) is 11.3. The number of nitrogens with two attached hydrogens (primary N) is 1. The second-order valence-electron chi connectivity index (χ2n) is 3.60. The maximum atomic E-state index is 6.16. The highest BCUT2D eigenvalue weighted by Crippen LogP contribution is 2.35. The minimum Gasteiger partial charge on any atom is -0.329 e. The maximum Gasteiger partial charge on any atom is 0.0449 e. The van der Waals surface area contributed by atoms with Crippen LogP contribution in [0.15, 0.2) is 24.3 Å². The van der Waals surface area contributed by atoms with Crippen molar-refractivity contribution in [3.8, 4) is 0 Å². The van der Waals surface area contributed by atoms with Crippen molar-refractivity contribution in [2.45, 2.75) is 30.8 Å². The fraction of sp³-hybridized carbons (Fsp3) is 0.500. The van der Waals surface area contributed by atoms with E-state index in [1.165, 1.54) is 0 Å². The Morgan fingerprint density at radius 1 is 1.40 bits per heavy atom. The number of rotatable bonds is 5. The number of halogens is 1. The minimum atomic E-state index is 0.314. The highest BCUT2D eigenvalue weighted by Gasteiger charge is 2.15. The number of hydrogen-bond acceptors (Lipinski definition) is 2. The fourth-order valence-corrected chi connectivity index (χ4v) is 2.92. The van der Waals surface area contributed by atoms with Crippen LogP contribution in [0.3, 0.4) is 0 Å². The Balaban J connectivity index is 2.78. The van der Waals surface area contributed by atoms with Gasteiger partial charge in [-0.25, -0.2) is 0 Å². The van der Waals surface area contributed by atoms with Gasteiger partial charge in [-0.1, -0.05) is 43.6 Å². The average molecular weight is 244 g/mol. The van der Waals surface area contributed by atoms with E-state index in [-0.39, 0.29) is 0 Å². The molecular formula is C12H18ClNS. The molecule has 1 aromatic carbocycles. The number of thioether (sulfide) groups is 1. The molecule has 2 atom stereocenters. The molecule has 0 saturated carbocycles. The van der Waals surface area contributed by atoms with Crippen LogP contribution in [0.1, 0.15) is 31.1 Å². The Hall–Kier alpha value is -0.180. The fourth-order valence-electron chi connectivity index (χ4n) is 1.37. The highest BCUT2D eigenvalue weighted by molar-refractivity contribution is 8.00. The van der Waals surface area contributed by atoms with Gasteiger partial charge in [0.1, 0.15) is 0 Å². The van der Waals surface area contributed by atoms with Crippen LogP contribution in [0.2, 0.25) is 5.02 Å². The molecule has 2 unspecified atom stereocenters. The van der Waals surface area contributed by atoms with Crippen LogP contribution >= 0.6 is 23.4 Å². The van der Waals surface area contributed by atoms with Crippen molar-refractivity contribution in [2.24, 2.45) is 5.73 Å². The summed E-state index contributed by atoms with van der Waals surface area (Å²) in [6, 6.07) is 7.96. The third-order valence-electron chi connectivity index (χ3n) is 2.44. The molecule has 0 aliphatic rings. The van der Waals surface area contributed by atoms with Crippen LogP contribution in [-0.2, 0) is 0 Å². The molecule has 0 fully saturated rings. The Kier molecular flexibility index (Phi) is 5.51. The van der Waals surface area contributed by atoms with E-state index in [9.17, 15) is 0 Å². The maximum absolute atomic E-state index is 6.16. The SMILES string of the molecule is CCC(C)SC(CN)c1ccccc1Cl. The van der Waals surface area contributed by atoms with E-state index in [1.54, 1.807) is 0 Å². The van der Waals surface area contributed by atoms with E-state index >= 15 is 0 Å². The molecule has 1 rings (SSSR count). The summed E-state index contributed by atoms with van der Waals surface area (Å²) in [5, 5.41) is 1.76. The largest absolute Gasteiger partial charge is 0.329 e. The Labute approximate surface area is 101 Å². The Bertz CT molecular complexity index is 303. The second kappa shape index (κ2) is 6.41. The predicted molar refractivity (Wildman–Crippen MR) is 70.6 cm³/mol. The first kappa shape index (κ1) is 12.9. The lowest BCUT2D eigenvalue weighted by atomic mass is 10.1. The van der Waals surface area contributed by atoms with Crippen molar-refractivity contribution in [3.63, 3.8) is 0 Å². The summed E-state index contributed by atoms with van der Waals surface area (Å²) in [7, 11) is 0. The molecule has 3 heteroatoms. The first-order chi connectivity index (χ1) is 7.19. The standard InChI is InChI=1S/C12H18ClNS/c1-3-9(2)15-12(8-14)10-6-4-5-7-11(10)13/h4-7,9,12H,3,8,14H2,1-2H3. The highest BCUT2D eigenvalue weighted by atomic mass is 35.5. The molecule has 84 valence electrons. The van der Waals surface area contributed by atoms with Crippen molar-refractivity contribution < 1.29 is 0 Å². The summed E-state index contributed by atoms with van der Waals surface area (Å²) in [5.74, 6) is 0. The lowest BCUT2D eigenvalue weighted by Crippen LogP contribution is -2.12. The van der Waals surface area contributed by atoms with Crippen molar-refractivity contribution in [1.29, 1.82) is 0 Å². The summed E-state index contributed by atoms with van der Waals surface area (Å²) in [4.78, 5) is 0. The molecule has 0 aliphatic carbocycles. The van der Waals surface area contributed by atoms with Gasteiger partial charge in [0, 0.05) is 22.1 Å². The van der Waals surface area contributed by atoms with Gasteiger partial charge in [-0.15, -0.1) is 11.8 Å². The summed E-state index contributed by atoms with van der Waals surface area (Å²) < 4.78 is 0. The molecule has 0 saturated heterocycles. The Morgan fingerprint density at radius 3 is 2.60 bits per heavy atom. The van der Waals surface area contributed by atoms with Gasteiger partial charge in [0.05, 0.1) is 0 Å². The van der Waals surface area contributed by atoms with E-state index < -0.39 is 0 Å². The third-order valence-corrected chi connectivity index (χ3v) is 4.35. The van der Waals surface area contributed by atoms with Gasteiger partial charge < -0.3 is 5.73 Å². The summed E-state index contributed by atoms with van der Waals surface area (Å²) in [6.07, 6.45) is 1.16. The van der Waals surface area contributed by atoms with Gasteiger partial charge in [-0.05, 0) is 18.1 Å². The molecule has 2 N–H and O–H groups in total. The molecular weight excluding hydrogens is 226 g/mol. The smallest absolute Gasteiger partial charge is 0.0449 e. The van der Waals surface area contributed by atoms with Crippen molar-refractivity contribution in [2.75, 3.05) is 6.54 Å². The van der Waals surface area contributed by atoms with E-state index in [1.807, 2.05) is 30.0 Å². The third kappa shape index (κ3) is 3.71. The molecule has 0 heterocycles. The van der Waals surface area contributed by atoms with Crippen LogP contribution in [-0.4, -0.2) is 11.8 Å². The zero-order valence-electron chi connectivity index (χ0n) is 9.24. The van der Waals surface area contributed by atoms with E-state index in [0.717, 1.165) is 17.0 Å². The summed E-state index contributed by atoms with van der Waals surface area (Å²) in [6.45, 7) is 5.06. The monoisotopic (exact) mass is 243 g/mol. The van der Waals surface area contributed by atoms with Gasteiger partial charge in [-0.3, -0.25) is 0 Å². The second-order valence-corrected chi connectivity index (χ2v) is 5.65. The van der Waals surface area contributed by atoms with Gasteiger partial charge >= 0.3 is 0 Å². The molecule has 0 radical (unpaired) electrons. The minimum absolute atomic E-state index is 0.314. The Morgan fingerprint density at radius 2 is 2.07 bits per heavy atom. The molecule has 0 bridgehead atoms. The van der Waals surface area contributed by atoms with Gasteiger partial charge in [0.25, 0.3) is 0 Å². The average Bonchev–Trinajstić information content (AvgIpc) is 2.26. The van der Waals surface area contributed by atoms with Crippen molar-refractivity contribution >= 4 is 23.4 Å². The van der Waals surface area contributed by atoms with E-state index in [4.69, 9.17) is 17.3 Å². The first-order valence-corrected chi connectivity index (χ1v) is 6.61. The molecule has 0 spiro atoms. The lowest BCUT2D eigenvalue weighted by molar-refractivity contribution is 0.874. The van der Waals surface area contributed by atoms with Crippen LogP contribution in [0, 0.1) is 0 Å². The van der Waals surface area contributed by atoms with Crippen LogP contribution in [0.4, 0.5) is 0 Å². The van der Waals surface area contributed by atoms with Crippen molar-refractivity contribution in [1.82, 2.24) is 0 Å². The van der Waals surface area contributed by atoms with Crippen LogP contribution in [0.5, 0.6) is 0 Å². The molecule has 0 aromatic heterocycles. The molecule has 0 aliphatic heterocycles. The molecule has 0 amide bonds. The topological polar surface area (TPSA) is 26.0 Å². The van der Waals surface area contributed by atoms with Crippen molar-refractivity contribution in [3.05, 3.63) is 34.9 Å². The number of benzene rings is 1. The first-order valence-electron chi connectivity index (χ1n) is 5.29. The van der Waals surface area contributed by atoms with E-state index in [2.05, 4.69) is 19.9 Å². The quantitative estimate of drug-likeness (QED) is 0.850. The molecule has 1 aromatic rings. The molecule has 15 heavy (non-hydrogen) atoms. The van der Waals surface area contributed by atoms with Gasteiger partial charge in [-0.2, -0.15) is 0 Å². The van der Waals surface area contributed by atoms with Gasteiger partial charge in [0.15, 0.2) is 0 Å². The summed E-state index contributed by atoms with van der Waals surface area (Å²) in [5.41, 5.74) is 6.96. The normalized spacial score (nSPS) is 14.9. The zero-order valence-corrected chi connectivity index (χ0v) is 10.8. The predicted octanol–water partition coefficient (Wildman–Crippen LogP) is 3.87. The number of hydrogen-bond donors (Lipinski definition) is 1. The van der Waals surface area contributed by atoms with Gasteiger partial charge in [0.2, 0.25) is 0 Å². The van der Waals surface area contributed by atoms with Crippen LogP contribution in [0.25, 0.3) is 0 Å². The van der Waals surface area contributed by atoms with E-state index in [0.29, 0.717) is 17.0 Å².